The average molecular weight is 219 g/mol. The Labute approximate surface area is 97.7 Å². The second-order valence-electron chi connectivity index (χ2n) is 4.83. The Balaban J connectivity index is 1.77. The fraction of sp³-hybridized carbons (Fsp3) is 0.571. The topological polar surface area (TPSA) is 32.3 Å². The van der Waals surface area contributed by atoms with Gasteiger partial charge in [-0.15, -0.1) is 0 Å². The molecule has 0 aromatic heterocycles. The Morgan fingerprint density at radius 3 is 2.56 bits per heavy atom. The standard InChI is InChI=1S/C14H21NO/c1-2-13(9-11-3-4-11)15-10-12-5-7-14(16)8-6-12/h5-8,11,13,15-16H,2-4,9-10H2,1H3. The Kier molecular flexibility index (Phi) is 3.83. The predicted octanol–water partition coefficient (Wildman–Crippen LogP) is 3.06. The zero-order valence-electron chi connectivity index (χ0n) is 9.95. The van der Waals surface area contributed by atoms with Gasteiger partial charge in [0.1, 0.15) is 5.75 Å². The first kappa shape index (κ1) is 11.5. The largest absolute Gasteiger partial charge is 0.508 e. The van der Waals surface area contributed by atoms with E-state index in [4.69, 9.17) is 0 Å². The summed E-state index contributed by atoms with van der Waals surface area (Å²) in [5.41, 5.74) is 1.24. The third kappa shape index (κ3) is 3.53. The number of phenols is 1. The summed E-state index contributed by atoms with van der Waals surface area (Å²) < 4.78 is 0. The van der Waals surface area contributed by atoms with Crippen LogP contribution in [-0.2, 0) is 6.54 Å². The lowest BCUT2D eigenvalue weighted by Gasteiger charge is -2.16. The molecule has 1 atom stereocenters. The lowest BCUT2D eigenvalue weighted by Crippen LogP contribution is -2.28. The molecule has 2 nitrogen and oxygen atoms in total. The van der Waals surface area contributed by atoms with E-state index in [1.54, 1.807) is 12.1 Å². The van der Waals surface area contributed by atoms with Gasteiger partial charge in [0.05, 0.1) is 0 Å². The van der Waals surface area contributed by atoms with E-state index in [1.807, 2.05) is 12.1 Å². The van der Waals surface area contributed by atoms with Crippen molar-refractivity contribution < 1.29 is 5.11 Å². The van der Waals surface area contributed by atoms with Crippen molar-refractivity contribution in [3.8, 4) is 5.75 Å². The van der Waals surface area contributed by atoms with Gasteiger partial charge >= 0.3 is 0 Å². The minimum Gasteiger partial charge on any atom is -0.508 e. The van der Waals surface area contributed by atoms with Gasteiger partial charge in [-0.2, -0.15) is 0 Å². The van der Waals surface area contributed by atoms with Crippen LogP contribution in [0.5, 0.6) is 5.75 Å². The van der Waals surface area contributed by atoms with E-state index in [0.29, 0.717) is 11.8 Å². The summed E-state index contributed by atoms with van der Waals surface area (Å²) in [5.74, 6) is 1.33. The first-order valence-electron chi connectivity index (χ1n) is 6.29. The smallest absolute Gasteiger partial charge is 0.115 e. The van der Waals surface area contributed by atoms with Crippen molar-refractivity contribution >= 4 is 0 Å². The van der Waals surface area contributed by atoms with Crippen LogP contribution in [0.4, 0.5) is 0 Å². The number of hydrogen-bond donors (Lipinski definition) is 2. The fourth-order valence-corrected chi connectivity index (χ4v) is 2.03. The maximum Gasteiger partial charge on any atom is 0.115 e. The molecule has 2 N–H and O–H groups in total. The van der Waals surface area contributed by atoms with E-state index in [9.17, 15) is 5.11 Å². The van der Waals surface area contributed by atoms with Gasteiger partial charge < -0.3 is 10.4 Å². The minimum atomic E-state index is 0.341. The van der Waals surface area contributed by atoms with Gasteiger partial charge in [0.25, 0.3) is 0 Å². The molecule has 2 heteroatoms. The zero-order valence-corrected chi connectivity index (χ0v) is 9.95. The molecule has 0 radical (unpaired) electrons. The molecule has 2 rings (SSSR count). The zero-order chi connectivity index (χ0) is 11.4. The highest BCUT2D eigenvalue weighted by molar-refractivity contribution is 5.25. The summed E-state index contributed by atoms with van der Waals surface area (Å²) in [4.78, 5) is 0. The average Bonchev–Trinajstić information content (AvgIpc) is 3.10. The molecule has 0 aliphatic heterocycles. The van der Waals surface area contributed by atoms with E-state index in [2.05, 4.69) is 12.2 Å². The Morgan fingerprint density at radius 1 is 1.31 bits per heavy atom. The van der Waals surface area contributed by atoms with Crippen molar-refractivity contribution in [2.75, 3.05) is 0 Å². The number of rotatable bonds is 6. The molecule has 88 valence electrons. The molecule has 1 fully saturated rings. The van der Waals surface area contributed by atoms with Gasteiger partial charge in [-0.25, -0.2) is 0 Å². The molecule has 0 spiro atoms. The molecule has 1 aliphatic rings. The molecular formula is C14H21NO. The van der Waals surface area contributed by atoms with E-state index in [-0.39, 0.29) is 0 Å². The molecule has 1 aliphatic carbocycles. The third-order valence-corrected chi connectivity index (χ3v) is 3.34. The van der Waals surface area contributed by atoms with Gasteiger partial charge in [0.15, 0.2) is 0 Å². The molecule has 0 saturated heterocycles. The summed E-state index contributed by atoms with van der Waals surface area (Å²) >= 11 is 0. The lowest BCUT2D eigenvalue weighted by molar-refractivity contribution is 0.444. The quantitative estimate of drug-likeness (QED) is 0.770. The van der Waals surface area contributed by atoms with E-state index in [0.717, 1.165) is 12.5 Å². The van der Waals surface area contributed by atoms with Gasteiger partial charge in [-0.05, 0) is 36.5 Å². The monoisotopic (exact) mass is 219 g/mol. The number of benzene rings is 1. The van der Waals surface area contributed by atoms with Gasteiger partial charge in [0, 0.05) is 12.6 Å². The van der Waals surface area contributed by atoms with Crippen LogP contribution in [0, 0.1) is 5.92 Å². The van der Waals surface area contributed by atoms with E-state index < -0.39 is 0 Å². The van der Waals surface area contributed by atoms with Crippen LogP contribution >= 0.6 is 0 Å². The van der Waals surface area contributed by atoms with Crippen LogP contribution in [0.25, 0.3) is 0 Å². The molecule has 1 unspecified atom stereocenters. The Bertz CT molecular complexity index is 316. The summed E-state index contributed by atoms with van der Waals surface area (Å²) in [5, 5.41) is 12.8. The van der Waals surface area contributed by atoms with E-state index in [1.165, 1.54) is 31.2 Å². The molecule has 1 aromatic rings. The number of phenolic OH excluding ortho intramolecular Hbond substituents is 1. The molecule has 0 bridgehead atoms. The summed E-state index contributed by atoms with van der Waals surface area (Å²) in [6.07, 6.45) is 5.39. The second kappa shape index (κ2) is 5.35. The van der Waals surface area contributed by atoms with Crippen LogP contribution in [-0.4, -0.2) is 11.1 Å². The first-order chi connectivity index (χ1) is 7.78. The first-order valence-corrected chi connectivity index (χ1v) is 6.29. The Hall–Kier alpha value is -1.02. The van der Waals surface area contributed by atoms with Gasteiger partial charge in [0.2, 0.25) is 0 Å². The maximum atomic E-state index is 9.19. The van der Waals surface area contributed by atoms with Crippen LogP contribution < -0.4 is 5.32 Å². The molecule has 0 amide bonds. The normalized spacial score (nSPS) is 17.3. The highest BCUT2D eigenvalue weighted by Gasteiger charge is 2.24. The number of hydrogen-bond acceptors (Lipinski definition) is 2. The predicted molar refractivity (Wildman–Crippen MR) is 66.4 cm³/mol. The number of nitrogens with one attached hydrogen (secondary N) is 1. The molecule has 1 aromatic carbocycles. The minimum absolute atomic E-state index is 0.341. The van der Waals surface area contributed by atoms with Crippen molar-refractivity contribution in [2.24, 2.45) is 5.92 Å². The molecule has 1 saturated carbocycles. The van der Waals surface area contributed by atoms with Crippen molar-refractivity contribution in [2.45, 2.75) is 45.2 Å². The summed E-state index contributed by atoms with van der Waals surface area (Å²) in [7, 11) is 0. The highest BCUT2D eigenvalue weighted by Crippen LogP contribution is 2.34. The summed E-state index contributed by atoms with van der Waals surface area (Å²) in [6.45, 7) is 3.16. The van der Waals surface area contributed by atoms with Crippen LogP contribution in [0.3, 0.4) is 0 Å². The molecular weight excluding hydrogens is 198 g/mol. The van der Waals surface area contributed by atoms with Crippen LogP contribution in [0.1, 0.15) is 38.2 Å². The van der Waals surface area contributed by atoms with Crippen molar-refractivity contribution in [1.29, 1.82) is 0 Å². The van der Waals surface area contributed by atoms with Crippen molar-refractivity contribution in [3.05, 3.63) is 29.8 Å². The summed E-state index contributed by atoms with van der Waals surface area (Å²) in [6, 6.07) is 8.11. The lowest BCUT2D eigenvalue weighted by atomic mass is 10.1. The third-order valence-electron chi connectivity index (χ3n) is 3.34. The Morgan fingerprint density at radius 2 is 2.00 bits per heavy atom. The SMILES string of the molecule is CCC(CC1CC1)NCc1ccc(O)cc1. The van der Waals surface area contributed by atoms with Crippen molar-refractivity contribution in [1.82, 2.24) is 5.32 Å². The van der Waals surface area contributed by atoms with Gasteiger partial charge in [-0.1, -0.05) is 31.9 Å². The number of aromatic hydroxyl groups is 1. The van der Waals surface area contributed by atoms with E-state index >= 15 is 0 Å². The second-order valence-corrected chi connectivity index (χ2v) is 4.83. The van der Waals surface area contributed by atoms with Crippen molar-refractivity contribution in [3.63, 3.8) is 0 Å². The van der Waals surface area contributed by atoms with Crippen LogP contribution in [0.2, 0.25) is 0 Å². The fourth-order valence-electron chi connectivity index (χ4n) is 2.03. The maximum absolute atomic E-state index is 9.19. The molecule has 0 heterocycles. The molecule has 16 heavy (non-hydrogen) atoms. The highest BCUT2D eigenvalue weighted by atomic mass is 16.3. The van der Waals surface area contributed by atoms with Gasteiger partial charge in [-0.3, -0.25) is 0 Å². The van der Waals surface area contributed by atoms with Crippen LogP contribution in [0.15, 0.2) is 24.3 Å².